The normalized spacial score (nSPS) is 16.3. The third-order valence-electron chi connectivity index (χ3n) is 3.67. The van der Waals surface area contributed by atoms with Crippen molar-refractivity contribution in [2.75, 3.05) is 30.8 Å². The van der Waals surface area contributed by atoms with Crippen molar-refractivity contribution in [3.05, 3.63) is 12.3 Å². The molecule has 0 saturated carbocycles. The van der Waals surface area contributed by atoms with Crippen LogP contribution in [0.25, 0.3) is 0 Å². The summed E-state index contributed by atoms with van der Waals surface area (Å²) >= 11 is 1.55. The van der Waals surface area contributed by atoms with Gasteiger partial charge in [0.25, 0.3) is 0 Å². The lowest BCUT2D eigenvalue weighted by Gasteiger charge is -2.33. The molecule has 0 aromatic carbocycles. The van der Waals surface area contributed by atoms with Gasteiger partial charge in [0.15, 0.2) is 5.16 Å². The van der Waals surface area contributed by atoms with Gasteiger partial charge in [0, 0.05) is 25.8 Å². The molecule has 0 atom stereocenters. The van der Waals surface area contributed by atoms with Crippen LogP contribution in [-0.2, 0) is 4.74 Å². The van der Waals surface area contributed by atoms with Gasteiger partial charge in [0.05, 0.1) is 0 Å². The molecule has 1 aliphatic rings. The van der Waals surface area contributed by atoms with E-state index in [0.29, 0.717) is 12.5 Å². The number of hydrogen-bond donors (Lipinski definition) is 1. The van der Waals surface area contributed by atoms with Crippen LogP contribution in [-0.4, -0.2) is 47.6 Å². The summed E-state index contributed by atoms with van der Waals surface area (Å²) in [6, 6.07) is 1.96. The van der Waals surface area contributed by atoms with Crippen LogP contribution in [0.15, 0.2) is 17.4 Å². The average Bonchev–Trinajstić information content (AvgIpc) is 2.52. The number of piperidine rings is 1. The van der Waals surface area contributed by atoms with Gasteiger partial charge in [-0.3, -0.25) is 0 Å². The summed E-state index contributed by atoms with van der Waals surface area (Å²) in [4.78, 5) is 22.7. The molecule has 0 spiro atoms. The molecule has 7 heteroatoms. The monoisotopic (exact) mass is 338 g/mol. The van der Waals surface area contributed by atoms with Gasteiger partial charge in [0.2, 0.25) is 0 Å². The topological polar surface area (TPSA) is 67.4 Å². The Morgan fingerprint density at radius 1 is 1.43 bits per heavy atom. The summed E-state index contributed by atoms with van der Waals surface area (Å²) in [7, 11) is 0. The van der Waals surface area contributed by atoms with E-state index in [0.717, 1.165) is 36.9 Å². The van der Waals surface area contributed by atoms with Crippen LogP contribution in [0.3, 0.4) is 0 Å². The Morgan fingerprint density at radius 3 is 2.74 bits per heavy atom. The molecule has 1 aromatic heterocycles. The lowest BCUT2D eigenvalue weighted by molar-refractivity contribution is 0.0517. The van der Waals surface area contributed by atoms with E-state index < -0.39 is 5.60 Å². The van der Waals surface area contributed by atoms with Crippen molar-refractivity contribution in [2.24, 2.45) is 5.92 Å². The van der Waals surface area contributed by atoms with Gasteiger partial charge >= 0.3 is 6.09 Å². The second-order valence-electron chi connectivity index (χ2n) is 6.71. The predicted molar refractivity (Wildman–Crippen MR) is 93.0 cm³/mol. The molecule has 2 rings (SSSR count). The van der Waals surface area contributed by atoms with E-state index in [9.17, 15) is 4.79 Å². The van der Waals surface area contributed by atoms with Crippen LogP contribution in [0, 0.1) is 5.92 Å². The molecule has 2 heterocycles. The van der Waals surface area contributed by atoms with Crippen molar-refractivity contribution >= 4 is 23.7 Å². The first-order chi connectivity index (χ1) is 10.9. The summed E-state index contributed by atoms with van der Waals surface area (Å²) in [5.41, 5.74) is -0.449. The van der Waals surface area contributed by atoms with Crippen molar-refractivity contribution in [1.82, 2.24) is 15.3 Å². The Morgan fingerprint density at radius 2 is 2.13 bits per heavy atom. The van der Waals surface area contributed by atoms with Gasteiger partial charge in [-0.15, -0.1) is 0 Å². The first-order valence-corrected chi connectivity index (χ1v) is 9.18. The minimum atomic E-state index is -0.449. The molecule has 23 heavy (non-hydrogen) atoms. The largest absolute Gasteiger partial charge is 0.444 e. The third kappa shape index (κ3) is 5.89. The van der Waals surface area contributed by atoms with Crippen LogP contribution >= 0.6 is 11.8 Å². The van der Waals surface area contributed by atoms with Crippen molar-refractivity contribution in [3.8, 4) is 0 Å². The molecule has 6 nitrogen and oxygen atoms in total. The summed E-state index contributed by atoms with van der Waals surface area (Å²) in [5, 5.41) is 3.68. The van der Waals surface area contributed by atoms with E-state index >= 15 is 0 Å². The number of nitrogens with zero attached hydrogens (tertiary/aromatic N) is 3. The van der Waals surface area contributed by atoms with Gasteiger partial charge in [-0.05, 0) is 51.9 Å². The molecular weight excluding hydrogens is 312 g/mol. The summed E-state index contributed by atoms with van der Waals surface area (Å²) in [6.07, 6.45) is 5.53. The van der Waals surface area contributed by atoms with E-state index in [1.165, 1.54) is 0 Å². The highest BCUT2D eigenvalue weighted by Crippen LogP contribution is 2.22. The van der Waals surface area contributed by atoms with Gasteiger partial charge in [-0.25, -0.2) is 14.8 Å². The molecule has 1 N–H and O–H groups in total. The molecule has 1 aliphatic heterocycles. The SMILES string of the molecule is CSc1nccc(N2CCC(CNC(=O)OC(C)(C)C)CC2)n1. The number of alkyl carbamates (subject to hydrolysis) is 1. The number of amides is 1. The van der Waals surface area contributed by atoms with Crippen LogP contribution < -0.4 is 10.2 Å². The molecule has 1 fully saturated rings. The lowest BCUT2D eigenvalue weighted by Crippen LogP contribution is -2.40. The number of thioether (sulfide) groups is 1. The zero-order chi connectivity index (χ0) is 16.9. The van der Waals surface area contributed by atoms with Crippen LogP contribution in [0.4, 0.5) is 10.6 Å². The first-order valence-electron chi connectivity index (χ1n) is 7.96. The Labute approximate surface area is 142 Å². The zero-order valence-corrected chi connectivity index (χ0v) is 15.2. The summed E-state index contributed by atoms with van der Waals surface area (Å²) in [6.45, 7) is 8.18. The summed E-state index contributed by atoms with van der Waals surface area (Å²) < 4.78 is 5.27. The van der Waals surface area contributed by atoms with Gasteiger partial charge < -0.3 is 15.0 Å². The maximum Gasteiger partial charge on any atom is 0.407 e. The highest BCUT2D eigenvalue weighted by atomic mass is 32.2. The standard InChI is InChI=1S/C16H26N4O2S/c1-16(2,3)22-15(21)18-11-12-6-9-20(10-7-12)13-5-8-17-14(19-13)23-4/h5,8,12H,6-7,9-11H2,1-4H3,(H,18,21). The second-order valence-corrected chi connectivity index (χ2v) is 7.49. The van der Waals surface area contributed by atoms with Crippen LogP contribution in [0.1, 0.15) is 33.6 Å². The van der Waals surface area contributed by atoms with E-state index in [-0.39, 0.29) is 6.09 Å². The van der Waals surface area contributed by atoms with Crippen molar-refractivity contribution < 1.29 is 9.53 Å². The average molecular weight is 338 g/mol. The Kier molecular flexibility index (Phi) is 6.10. The van der Waals surface area contributed by atoms with Gasteiger partial charge in [0.1, 0.15) is 11.4 Å². The highest BCUT2D eigenvalue weighted by Gasteiger charge is 2.22. The summed E-state index contributed by atoms with van der Waals surface area (Å²) in [5.74, 6) is 1.48. The molecule has 128 valence electrons. The number of rotatable bonds is 4. The number of hydrogen-bond acceptors (Lipinski definition) is 6. The van der Waals surface area contributed by atoms with Crippen molar-refractivity contribution in [1.29, 1.82) is 0 Å². The number of carbonyl (C=O) groups is 1. The fourth-order valence-corrected chi connectivity index (χ4v) is 2.87. The second kappa shape index (κ2) is 7.86. The maximum absolute atomic E-state index is 11.7. The van der Waals surface area contributed by atoms with Gasteiger partial charge in [-0.1, -0.05) is 11.8 Å². The third-order valence-corrected chi connectivity index (χ3v) is 4.24. The molecule has 0 unspecified atom stereocenters. The Hall–Kier alpha value is -1.50. The van der Waals surface area contributed by atoms with Gasteiger partial charge in [-0.2, -0.15) is 0 Å². The van der Waals surface area contributed by atoms with Crippen molar-refractivity contribution in [3.63, 3.8) is 0 Å². The predicted octanol–water partition coefficient (Wildman–Crippen LogP) is 2.94. The molecule has 0 bridgehead atoms. The molecule has 1 amide bonds. The molecule has 0 radical (unpaired) electrons. The number of ether oxygens (including phenoxy) is 1. The van der Waals surface area contributed by atoms with E-state index in [4.69, 9.17) is 4.74 Å². The Bertz CT molecular complexity index is 525. The molecule has 1 aromatic rings. The Balaban J connectivity index is 1.76. The number of carbonyl (C=O) groups excluding carboxylic acids is 1. The highest BCUT2D eigenvalue weighted by molar-refractivity contribution is 7.98. The number of nitrogens with one attached hydrogen (secondary N) is 1. The van der Waals surface area contributed by atoms with E-state index in [2.05, 4.69) is 20.2 Å². The fourth-order valence-electron chi connectivity index (χ4n) is 2.51. The minimum absolute atomic E-state index is 0.333. The van der Waals surface area contributed by atoms with E-state index in [1.54, 1.807) is 11.8 Å². The van der Waals surface area contributed by atoms with Crippen LogP contribution in [0.2, 0.25) is 0 Å². The smallest absolute Gasteiger partial charge is 0.407 e. The quantitative estimate of drug-likeness (QED) is 0.672. The minimum Gasteiger partial charge on any atom is -0.444 e. The molecule has 0 aliphatic carbocycles. The van der Waals surface area contributed by atoms with Crippen molar-refractivity contribution in [2.45, 2.75) is 44.4 Å². The fraction of sp³-hybridized carbons (Fsp3) is 0.688. The first kappa shape index (κ1) is 17.8. The van der Waals surface area contributed by atoms with E-state index in [1.807, 2.05) is 39.3 Å². The maximum atomic E-state index is 11.7. The molecule has 1 saturated heterocycles. The number of anilines is 1. The zero-order valence-electron chi connectivity index (χ0n) is 14.3. The lowest BCUT2D eigenvalue weighted by atomic mass is 9.97. The van der Waals surface area contributed by atoms with Crippen LogP contribution in [0.5, 0.6) is 0 Å². The number of aromatic nitrogens is 2. The molecular formula is C16H26N4O2S.